The van der Waals surface area contributed by atoms with Crippen molar-refractivity contribution in [2.24, 2.45) is 0 Å². The van der Waals surface area contributed by atoms with Gasteiger partial charge in [0.15, 0.2) is 5.58 Å². The number of nitrogens with two attached hydrogens (primary N) is 1. The third kappa shape index (κ3) is 1.46. The average molecular weight is 251 g/mol. The van der Waals surface area contributed by atoms with Gasteiger partial charge in [0, 0.05) is 5.69 Å². The first kappa shape index (κ1) is 10.1. The lowest BCUT2D eigenvalue weighted by Gasteiger charge is -1.93. The van der Waals surface area contributed by atoms with Gasteiger partial charge < -0.3 is 10.2 Å². The summed E-state index contributed by atoms with van der Waals surface area (Å²) in [7, 11) is 0. The zero-order valence-corrected chi connectivity index (χ0v) is 9.82. The number of hydrogen-bond donors (Lipinski definition) is 1. The Hall–Kier alpha value is -2.89. The molecule has 92 valence electrons. The van der Waals surface area contributed by atoms with E-state index >= 15 is 0 Å². The van der Waals surface area contributed by atoms with Crippen LogP contribution in [0.15, 0.2) is 46.9 Å². The minimum Gasteiger partial charge on any atom is -0.422 e. The molecule has 2 aromatic heterocycles. The number of nitrogens with zero attached hydrogens (tertiary/aromatic N) is 4. The molecule has 0 atom stereocenters. The summed E-state index contributed by atoms with van der Waals surface area (Å²) in [5, 5.41) is 8.13. The first-order valence-electron chi connectivity index (χ1n) is 5.78. The lowest BCUT2D eigenvalue weighted by molar-refractivity contribution is 0.542. The summed E-state index contributed by atoms with van der Waals surface area (Å²) in [6.07, 6.45) is 0. The Morgan fingerprint density at radius 2 is 1.95 bits per heavy atom. The van der Waals surface area contributed by atoms with Gasteiger partial charge >= 0.3 is 6.01 Å². The molecule has 0 unspecified atom stereocenters. The highest BCUT2D eigenvalue weighted by molar-refractivity contribution is 5.79. The summed E-state index contributed by atoms with van der Waals surface area (Å²) < 4.78 is 7.24. The van der Waals surface area contributed by atoms with E-state index in [0.717, 1.165) is 11.0 Å². The summed E-state index contributed by atoms with van der Waals surface area (Å²) in [5.41, 5.74) is 9.39. The van der Waals surface area contributed by atoms with Crippen molar-refractivity contribution in [1.29, 1.82) is 0 Å². The fraction of sp³-hybridized carbons (Fsp3) is 0. The molecule has 4 rings (SSSR count). The zero-order valence-electron chi connectivity index (χ0n) is 9.82. The topological polar surface area (TPSA) is 82.8 Å². The smallest absolute Gasteiger partial charge is 0.325 e. The number of anilines is 1. The van der Waals surface area contributed by atoms with Gasteiger partial charge in [-0.05, 0) is 30.3 Å². The van der Waals surface area contributed by atoms with Crippen LogP contribution in [0.2, 0.25) is 0 Å². The minimum absolute atomic E-state index is 0.384. The van der Waals surface area contributed by atoms with E-state index in [4.69, 9.17) is 10.2 Å². The van der Waals surface area contributed by atoms with E-state index in [-0.39, 0.29) is 0 Å². The van der Waals surface area contributed by atoms with Crippen LogP contribution in [-0.2, 0) is 0 Å². The van der Waals surface area contributed by atoms with Crippen LogP contribution < -0.4 is 5.73 Å². The predicted octanol–water partition coefficient (Wildman–Crippen LogP) is 2.14. The van der Waals surface area contributed by atoms with Crippen molar-refractivity contribution in [3.63, 3.8) is 0 Å². The molecule has 6 heteroatoms. The Kier molecular flexibility index (Phi) is 1.88. The Morgan fingerprint density at radius 3 is 2.89 bits per heavy atom. The van der Waals surface area contributed by atoms with Crippen LogP contribution in [0.1, 0.15) is 0 Å². The van der Waals surface area contributed by atoms with Gasteiger partial charge in [-0.15, -0.1) is 5.10 Å². The van der Waals surface area contributed by atoms with Crippen LogP contribution in [0.25, 0.3) is 28.1 Å². The van der Waals surface area contributed by atoms with Crippen molar-refractivity contribution in [3.05, 3.63) is 42.5 Å². The lowest BCUT2D eigenvalue weighted by atomic mass is 10.3. The molecule has 19 heavy (non-hydrogen) atoms. The molecular formula is C13H9N5O. The van der Waals surface area contributed by atoms with Crippen molar-refractivity contribution in [2.45, 2.75) is 0 Å². The van der Waals surface area contributed by atoms with E-state index in [2.05, 4.69) is 15.3 Å². The van der Waals surface area contributed by atoms with Gasteiger partial charge in [-0.2, -0.15) is 9.67 Å². The van der Waals surface area contributed by atoms with Crippen LogP contribution in [0.5, 0.6) is 0 Å². The van der Waals surface area contributed by atoms with Crippen molar-refractivity contribution in [2.75, 3.05) is 5.73 Å². The fourth-order valence-corrected chi connectivity index (χ4v) is 2.03. The second kappa shape index (κ2) is 3.55. The van der Waals surface area contributed by atoms with Crippen LogP contribution >= 0.6 is 0 Å². The largest absolute Gasteiger partial charge is 0.422 e. The minimum atomic E-state index is 0.384. The van der Waals surface area contributed by atoms with Gasteiger partial charge in [0.25, 0.3) is 0 Å². The Morgan fingerprint density at radius 1 is 1.05 bits per heavy atom. The summed E-state index contributed by atoms with van der Waals surface area (Å²) in [6, 6.07) is 13.3. The van der Waals surface area contributed by atoms with E-state index in [1.807, 2.05) is 24.3 Å². The van der Waals surface area contributed by atoms with Crippen LogP contribution in [0.4, 0.5) is 5.69 Å². The molecule has 0 aliphatic heterocycles. The molecule has 0 aliphatic rings. The molecule has 0 saturated heterocycles. The summed E-state index contributed by atoms with van der Waals surface area (Å²) in [4.78, 5) is 4.38. The fourth-order valence-electron chi connectivity index (χ4n) is 2.03. The van der Waals surface area contributed by atoms with Crippen molar-refractivity contribution in [1.82, 2.24) is 20.0 Å². The second-order valence-electron chi connectivity index (χ2n) is 4.21. The maximum Gasteiger partial charge on any atom is 0.325 e. The number of para-hydroxylation sites is 1. The van der Waals surface area contributed by atoms with Crippen LogP contribution in [-0.4, -0.2) is 20.0 Å². The Balaban J connectivity index is 1.99. The molecule has 6 nitrogen and oxygen atoms in total. The van der Waals surface area contributed by atoms with Crippen LogP contribution in [0, 0.1) is 0 Å². The number of hydrogen-bond acceptors (Lipinski definition) is 5. The zero-order chi connectivity index (χ0) is 12.8. The predicted molar refractivity (Wildman–Crippen MR) is 70.8 cm³/mol. The van der Waals surface area contributed by atoms with Gasteiger partial charge in [0.05, 0.1) is 5.52 Å². The van der Waals surface area contributed by atoms with Gasteiger partial charge in [-0.3, -0.25) is 0 Å². The maximum atomic E-state index is 5.73. The first-order valence-corrected chi connectivity index (χ1v) is 5.78. The number of fused-ring (bicyclic) bond motifs is 2. The van der Waals surface area contributed by atoms with Crippen LogP contribution in [0.3, 0.4) is 0 Å². The lowest BCUT2D eigenvalue weighted by Crippen LogP contribution is -1.96. The average Bonchev–Trinajstić information content (AvgIpc) is 3.00. The number of aromatic nitrogens is 4. The molecule has 0 bridgehead atoms. The molecule has 2 N–H and O–H groups in total. The Bertz CT molecular complexity index is 892. The quantitative estimate of drug-likeness (QED) is 0.524. The van der Waals surface area contributed by atoms with Crippen molar-refractivity contribution >= 4 is 27.8 Å². The highest BCUT2D eigenvalue weighted by Crippen LogP contribution is 2.22. The maximum absolute atomic E-state index is 5.73. The highest BCUT2D eigenvalue weighted by Gasteiger charge is 2.12. The molecular weight excluding hydrogens is 242 g/mol. The third-order valence-electron chi connectivity index (χ3n) is 2.93. The standard InChI is InChI=1S/C13H9N5O/c14-8-5-6-12-10(7-8)15-13(19-12)18-11-4-2-1-3-9(11)16-17-18/h1-7H,14H2. The second-order valence-corrected chi connectivity index (χ2v) is 4.21. The normalized spacial score (nSPS) is 11.4. The van der Waals surface area contributed by atoms with E-state index in [9.17, 15) is 0 Å². The molecule has 0 spiro atoms. The summed E-state index contributed by atoms with van der Waals surface area (Å²) in [5.74, 6) is 0. The number of nitrogen functional groups attached to an aromatic ring is 1. The SMILES string of the molecule is Nc1ccc2oc(-n3nnc4ccccc43)nc2c1. The number of rotatable bonds is 1. The van der Waals surface area contributed by atoms with Crippen molar-refractivity contribution in [3.8, 4) is 6.01 Å². The van der Waals surface area contributed by atoms with Crippen molar-refractivity contribution < 1.29 is 4.42 Å². The molecule has 0 fully saturated rings. The monoisotopic (exact) mass is 251 g/mol. The highest BCUT2D eigenvalue weighted by atomic mass is 16.4. The molecule has 2 aromatic carbocycles. The molecule has 0 aliphatic carbocycles. The summed E-state index contributed by atoms with van der Waals surface area (Å²) >= 11 is 0. The molecule has 0 radical (unpaired) electrons. The van der Waals surface area contributed by atoms with E-state index in [0.29, 0.717) is 22.8 Å². The van der Waals surface area contributed by atoms with Gasteiger partial charge in [0.1, 0.15) is 11.0 Å². The molecule has 4 aromatic rings. The number of benzene rings is 2. The third-order valence-corrected chi connectivity index (χ3v) is 2.93. The van der Waals surface area contributed by atoms with E-state index in [1.165, 1.54) is 0 Å². The first-order chi connectivity index (χ1) is 9.31. The molecule has 2 heterocycles. The van der Waals surface area contributed by atoms with Gasteiger partial charge in [-0.25, -0.2) is 0 Å². The van der Waals surface area contributed by atoms with E-state index in [1.54, 1.807) is 22.9 Å². The van der Waals surface area contributed by atoms with Gasteiger partial charge in [0.2, 0.25) is 0 Å². The number of oxazole rings is 1. The van der Waals surface area contributed by atoms with E-state index < -0.39 is 0 Å². The summed E-state index contributed by atoms with van der Waals surface area (Å²) in [6.45, 7) is 0. The molecule has 0 amide bonds. The Labute approximate surface area is 107 Å². The van der Waals surface area contributed by atoms with Gasteiger partial charge in [-0.1, -0.05) is 17.3 Å². The molecule has 0 saturated carbocycles.